The summed E-state index contributed by atoms with van der Waals surface area (Å²) in [5.41, 5.74) is 3.03. The van der Waals surface area contributed by atoms with E-state index >= 15 is 0 Å². The van der Waals surface area contributed by atoms with Crippen LogP contribution in [0.4, 0.5) is 0 Å². The molecule has 1 aliphatic rings. The molecule has 2 aromatic heterocycles. The van der Waals surface area contributed by atoms with Crippen LogP contribution in [0.1, 0.15) is 45.6 Å². The van der Waals surface area contributed by atoms with Gasteiger partial charge in [-0.25, -0.2) is 0 Å². The number of hydrogen-bond acceptors (Lipinski definition) is 5. The van der Waals surface area contributed by atoms with Crippen molar-refractivity contribution >= 4 is 34.6 Å². The number of aryl methyl sites for hydroxylation is 2. The summed E-state index contributed by atoms with van der Waals surface area (Å²) in [5, 5.41) is 28.1. The number of aromatic nitrogens is 3. The monoisotopic (exact) mass is 414 g/mol. The third-order valence-electron chi connectivity index (χ3n) is 5.24. The number of hydrogen-bond donors (Lipinski definition) is 2. The van der Waals surface area contributed by atoms with Crippen LogP contribution in [0.15, 0.2) is 24.3 Å². The Morgan fingerprint density at radius 1 is 1.25 bits per heavy atom. The summed E-state index contributed by atoms with van der Waals surface area (Å²) in [4.78, 5) is 12.5. The first-order valence-electron chi connectivity index (χ1n) is 8.89. The lowest BCUT2D eigenvalue weighted by Gasteiger charge is -2.12. The molecule has 0 aliphatic heterocycles. The zero-order valence-electron chi connectivity index (χ0n) is 15.7. The summed E-state index contributed by atoms with van der Waals surface area (Å²) in [5.74, 6) is 0.00118. The molecule has 3 aromatic rings. The quantitative estimate of drug-likeness (QED) is 0.600. The second-order valence-corrected chi connectivity index (χ2v) is 8.71. The molecule has 1 saturated carbocycles. The second kappa shape index (κ2) is 6.83. The van der Waals surface area contributed by atoms with Crippen molar-refractivity contribution in [2.45, 2.75) is 33.1 Å². The van der Waals surface area contributed by atoms with Gasteiger partial charge in [0.05, 0.1) is 11.6 Å². The van der Waals surface area contributed by atoms with Gasteiger partial charge in [0.1, 0.15) is 16.6 Å². The number of carboxylic acid groups (broad SMARTS) is 1. The number of thiophene rings is 1. The molecule has 28 heavy (non-hydrogen) atoms. The van der Waals surface area contributed by atoms with Crippen LogP contribution in [0, 0.1) is 32.1 Å². The highest BCUT2D eigenvalue weighted by molar-refractivity contribution is 7.15. The minimum absolute atomic E-state index is 0.140. The second-order valence-electron chi connectivity index (χ2n) is 7.07. The molecule has 1 aliphatic carbocycles. The van der Waals surface area contributed by atoms with E-state index in [9.17, 15) is 9.90 Å². The van der Waals surface area contributed by atoms with Crippen LogP contribution in [0.3, 0.4) is 0 Å². The molecule has 2 heterocycles. The highest BCUT2D eigenvalue weighted by Gasteiger charge is 2.48. The first-order valence-corrected chi connectivity index (χ1v) is 10.1. The fourth-order valence-corrected chi connectivity index (χ4v) is 4.79. The normalized spacial score (nSPS) is 18.3. The number of aliphatic carboxylic acids is 1. The van der Waals surface area contributed by atoms with Crippen LogP contribution in [0.5, 0.6) is 0 Å². The number of carbonyl (C=O) groups is 1. The fraction of sp³-hybridized carbons (Fsp3) is 0.300. The number of benzene rings is 1. The Morgan fingerprint density at radius 3 is 2.54 bits per heavy atom. The van der Waals surface area contributed by atoms with E-state index in [4.69, 9.17) is 17.0 Å². The van der Waals surface area contributed by atoms with Crippen LogP contribution in [-0.4, -0.2) is 31.6 Å². The topological polar surface area (TPSA) is 91.9 Å². The van der Waals surface area contributed by atoms with Crippen molar-refractivity contribution in [3.63, 3.8) is 0 Å². The molecule has 0 spiro atoms. The summed E-state index contributed by atoms with van der Waals surface area (Å²) in [6, 6.07) is 7.22. The molecule has 1 fully saturated rings. The number of halogens is 1. The van der Waals surface area contributed by atoms with E-state index in [1.807, 2.05) is 37.5 Å². The molecule has 1 aromatic carbocycles. The van der Waals surface area contributed by atoms with Crippen molar-refractivity contribution in [2.75, 3.05) is 0 Å². The van der Waals surface area contributed by atoms with E-state index in [1.54, 1.807) is 23.5 Å². The van der Waals surface area contributed by atoms with Crippen LogP contribution >= 0.6 is 22.9 Å². The average molecular weight is 415 g/mol. The molecular formula is C20H19ClN4O2S. The molecule has 0 amide bonds. The summed E-state index contributed by atoms with van der Waals surface area (Å²) in [6.45, 7) is 5.89. The van der Waals surface area contributed by atoms with Gasteiger partial charge in [0, 0.05) is 26.9 Å². The number of rotatable bonds is 5. The maximum atomic E-state index is 11.3. The first-order chi connectivity index (χ1) is 13.3. The molecule has 4 rings (SSSR count). The highest BCUT2D eigenvalue weighted by Crippen LogP contribution is 2.48. The Labute approximate surface area is 171 Å². The maximum absolute atomic E-state index is 11.3. The summed E-state index contributed by atoms with van der Waals surface area (Å²) >= 11 is 7.57. The molecule has 8 heteroatoms. The average Bonchev–Trinajstić information content (AvgIpc) is 3.29. The molecule has 144 valence electrons. The predicted octanol–water partition coefficient (Wildman–Crippen LogP) is 4.51. The van der Waals surface area contributed by atoms with E-state index in [0.29, 0.717) is 28.8 Å². The van der Waals surface area contributed by atoms with E-state index in [-0.39, 0.29) is 5.92 Å². The van der Waals surface area contributed by atoms with Crippen molar-refractivity contribution in [3.8, 4) is 5.00 Å². The molecule has 6 nitrogen and oxygen atoms in total. The van der Waals surface area contributed by atoms with Crippen LogP contribution in [0.25, 0.3) is 5.00 Å². The van der Waals surface area contributed by atoms with E-state index in [2.05, 4.69) is 10.2 Å². The van der Waals surface area contributed by atoms with Gasteiger partial charge in [-0.2, -0.15) is 0 Å². The minimum Gasteiger partial charge on any atom is -0.481 e. The van der Waals surface area contributed by atoms with Gasteiger partial charge in [0.15, 0.2) is 0 Å². The largest absolute Gasteiger partial charge is 0.481 e. The number of nitrogens with one attached hydrogen (secondary N) is 1. The third-order valence-corrected chi connectivity index (χ3v) is 6.69. The van der Waals surface area contributed by atoms with Crippen LogP contribution in [0.2, 0.25) is 5.02 Å². The Morgan fingerprint density at radius 2 is 1.93 bits per heavy atom. The Kier molecular flexibility index (Phi) is 4.59. The fourth-order valence-electron chi connectivity index (χ4n) is 3.44. The van der Waals surface area contributed by atoms with E-state index in [1.165, 1.54) is 0 Å². The van der Waals surface area contributed by atoms with Crippen molar-refractivity contribution in [2.24, 2.45) is 5.92 Å². The van der Waals surface area contributed by atoms with Gasteiger partial charge in [0.2, 0.25) is 0 Å². The van der Waals surface area contributed by atoms with Crippen molar-refractivity contribution < 1.29 is 9.90 Å². The van der Waals surface area contributed by atoms with Crippen molar-refractivity contribution in [1.29, 1.82) is 5.41 Å². The maximum Gasteiger partial charge on any atom is 0.307 e. The lowest BCUT2D eigenvalue weighted by molar-refractivity contribution is -0.138. The SMILES string of the molecule is Cc1sc(-n2c(C)nnc2C2CC2C(=O)O)c(C(=N)c2ccc(Cl)cc2)c1C. The van der Waals surface area contributed by atoms with Crippen molar-refractivity contribution in [3.05, 3.63) is 62.5 Å². The van der Waals surface area contributed by atoms with Gasteiger partial charge in [-0.05, 0) is 44.9 Å². The van der Waals surface area contributed by atoms with E-state index < -0.39 is 11.9 Å². The molecule has 2 atom stereocenters. The molecule has 2 N–H and O–H groups in total. The van der Waals surface area contributed by atoms with Gasteiger partial charge in [-0.3, -0.25) is 14.8 Å². The van der Waals surface area contributed by atoms with Gasteiger partial charge in [0.25, 0.3) is 0 Å². The molecule has 2 unspecified atom stereocenters. The number of nitrogens with zero attached hydrogens (tertiary/aromatic N) is 3. The van der Waals surface area contributed by atoms with Crippen LogP contribution < -0.4 is 0 Å². The summed E-state index contributed by atoms with van der Waals surface area (Å²) in [7, 11) is 0. The lowest BCUT2D eigenvalue weighted by Crippen LogP contribution is -2.10. The highest BCUT2D eigenvalue weighted by atomic mass is 35.5. The first kappa shape index (κ1) is 18.8. The van der Waals surface area contributed by atoms with Gasteiger partial charge >= 0.3 is 5.97 Å². The van der Waals surface area contributed by atoms with Gasteiger partial charge in [-0.1, -0.05) is 23.7 Å². The third kappa shape index (κ3) is 3.04. The zero-order valence-corrected chi connectivity index (χ0v) is 17.2. The standard InChI is InChI=1S/C20H19ClN4O2S/c1-9-10(2)28-19(16(9)17(22)12-4-6-13(21)7-5-12)25-11(3)23-24-18(25)14-8-15(14)20(26)27/h4-7,14-15,22H,8H2,1-3H3,(H,26,27). The minimum atomic E-state index is -0.801. The molecular weight excluding hydrogens is 396 g/mol. The van der Waals surface area contributed by atoms with E-state index in [0.717, 1.165) is 26.6 Å². The molecule has 0 bridgehead atoms. The van der Waals surface area contributed by atoms with Crippen molar-refractivity contribution in [1.82, 2.24) is 14.8 Å². The van der Waals surface area contributed by atoms with Crippen LogP contribution in [-0.2, 0) is 4.79 Å². The Hall–Kier alpha value is -2.51. The lowest BCUT2D eigenvalue weighted by atomic mass is 10.00. The molecule has 0 radical (unpaired) electrons. The molecule has 0 saturated heterocycles. The Balaban J connectivity index is 1.84. The number of carboxylic acids is 1. The zero-order chi connectivity index (χ0) is 20.2. The van der Waals surface area contributed by atoms with Gasteiger partial charge < -0.3 is 5.11 Å². The predicted molar refractivity (Wildman–Crippen MR) is 109 cm³/mol. The smallest absolute Gasteiger partial charge is 0.307 e. The summed E-state index contributed by atoms with van der Waals surface area (Å²) < 4.78 is 1.93. The van der Waals surface area contributed by atoms with Gasteiger partial charge in [-0.15, -0.1) is 21.5 Å². The Bertz CT molecular complexity index is 1100. The summed E-state index contributed by atoms with van der Waals surface area (Å²) in [6.07, 6.45) is 0.570.